The standard InChI is InChI=1S/C42H26N8O2/c51-37-31(38(52)33-26-28-12-8-7-11-27(28)25-32(33)37)19-20-36-49(41-43-21-23-47(41)29-13-3-1-4-14-29)39-40(46-35-18-10-9-17-34(35)45-39)50(36)42-44-22-24-48(42)30-15-5-2-6-16-30/h1-26H. The summed E-state index contributed by atoms with van der Waals surface area (Å²) in [6.07, 6.45) is 10.6. The molecule has 10 nitrogen and oxygen atoms in total. The van der Waals surface area contributed by atoms with Crippen molar-refractivity contribution < 1.29 is 9.59 Å². The molecule has 0 N–H and O–H groups in total. The Balaban J connectivity index is 1.22. The molecule has 1 aliphatic heterocycles. The zero-order valence-corrected chi connectivity index (χ0v) is 27.4. The summed E-state index contributed by atoms with van der Waals surface area (Å²) in [7, 11) is 0. The van der Waals surface area contributed by atoms with Gasteiger partial charge in [0.15, 0.2) is 23.2 Å². The van der Waals surface area contributed by atoms with E-state index in [-0.39, 0.29) is 17.1 Å². The molecule has 0 radical (unpaired) electrons. The van der Waals surface area contributed by atoms with E-state index in [9.17, 15) is 9.59 Å². The van der Waals surface area contributed by atoms with E-state index in [0.29, 0.717) is 51.5 Å². The molecule has 4 heterocycles. The molecule has 1 aliphatic carbocycles. The van der Waals surface area contributed by atoms with Gasteiger partial charge in [-0.3, -0.25) is 18.7 Å². The predicted octanol–water partition coefficient (Wildman–Crippen LogP) is 8.29. The number of ketones is 2. The summed E-state index contributed by atoms with van der Waals surface area (Å²) < 4.78 is 3.92. The van der Waals surface area contributed by atoms with E-state index in [2.05, 4.69) is 0 Å². The van der Waals surface area contributed by atoms with Crippen LogP contribution < -0.4 is 9.80 Å². The lowest BCUT2D eigenvalue weighted by molar-refractivity contribution is 0.0988. The van der Waals surface area contributed by atoms with E-state index in [1.807, 2.05) is 141 Å². The van der Waals surface area contributed by atoms with Crippen LogP contribution in [-0.4, -0.2) is 40.6 Å². The summed E-state index contributed by atoms with van der Waals surface area (Å²) in [5.41, 5.74) is 4.01. The van der Waals surface area contributed by atoms with Crippen molar-refractivity contribution in [1.29, 1.82) is 0 Å². The van der Waals surface area contributed by atoms with Crippen LogP contribution in [0.4, 0.5) is 23.5 Å². The minimum atomic E-state index is -0.324. The Morgan fingerprint density at radius 1 is 0.500 bits per heavy atom. The van der Waals surface area contributed by atoms with Crippen LogP contribution in [0.2, 0.25) is 0 Å². The Bertz CT molecular complexity index is 2620. The topological polar surface area (TPSA) is 102 Å². The lowest BCUT2D eigenvalue weighted by atomic mass is 10.0. The lowest BCUT2D eigenvalue weighted by Crippen LogP contribution is -2.26. The molecule has 8 aromatic rings. The average molecular weight is 675 g/mol. The van der Waals surface area contributed by atoms with E-state index >= 15 is 0 Å². The molecule has 52 heavy (non-hydrogen) atoms. The maximum atomic E-state index is 13.9. The number of imidazole rings is 2. The Labute approximate surface area is 296 Å². The summed E-state index contributed by atoms with van der Waals surface area (Å²) in [5.74, 6) is 1.94. The second-order valence-electron chi connectivity index (χ2n) is 12.4. The Hall–Kier alpha value is -7.46. The molecule has 2 aliphatic rings. The predicted molar refractivity (Wildman–Crippen MR) is 200 cm³/mol. The Morgan fingerprint density at radius 2 is 0.942 bits per heavy atom. The Morgan fingerprint density at radius 3 is 1.42 bits per heavy atom. The third kappa shape index (κ3) is 4.51. The first-order valence-corrected chi connectivity index (χ1v) is 16.7. The van der Waals surface area contributed by atoms with Crippen molar-refractivity contribution in [3.63, 3.8) is 0 Å². The van der Waals surface area contributed by atoms with Gasteiger partial charge in [0.05, 0.1) is 16.6 Å². The number of carbonyl (C=O) groups is 2. The van der Waals surface area contributed by atoms with Gasteiger partial charge in [0.25, 0.3) is 0 Å². The van der Waals surface area contributed by atoms with Crippen LogP contribution in [0, 0.1) is 0 Å². The number of rotatable bonds is 5. The number of aromatic nitrogens is 6. The molecule has 0 bridgehead atoms. The summed E-state index contributed by atoms with van der Waals surface area (Å²) in [5, 5.41) is 1.80. The van der Waals surface area contributed by atoms with Crippen LogP contribution in [0.5, 0.6) is 0 Å². The molecule has 3 aromatic heterocycles. The Kier molecular flexibility index (Phi) is 6.55. The molecule has 0 saturated heterocycles. The van der Waals surface area contributed by atoms with Crippen LogP contribution in [0.3, 0.4) is 0 Å². The fraction of sp³-hybridized carbons (Fsp3) is 0. The highest BCUT2D eigenvalue weighted by Gasteiger charge is 2.41. The van der Waals surface area contributed by atoms with Crippen LogP contribution in [0.15, 0.2) is 170 Å². The van der Waals surface area contributed by atoms with Crippen LogP contribution in [0.25, 0.3) is 33.2 Å². The van der Waals surface area contributed by atoms with Gasteiger partial charge in [-0.05, 0) is 71.5 Å². The number of anilines is 4. The van der Waals surface area contributed by atoms with Crippen molar-refractivity contribution in [2.45, 2.75) is 0 Å². The third-order valence-corrected chi connectivity index (χ3v) is 9.39. The van der Waals surface area contributed by atoms with E-state index in [0.717, 1.165) is 22.1 Å². The maximum Gasteiger partial charge on any atom is 0.221 e. The molecular weight excluding hydrogens is 649 g/mol. The van der Waals surface area contributed by atoms with Gasteiger partial charge in [0.2, 0.25) is 11.9 Å². The van der Waals surface area contributed by atoms with Gasteiger partial charge in [0, 0.05) is 47.3 Å². The normalized spacial score (nSPS) is 13.7. The van der Waals surface area contributed by atoms with Crippen molar-refractivity contribution in [2.24, 2.45) is 0 Å². The molecule has 10 heteroatoms. The van der Waals surface area contributed by atoms with Gasteiger partial charge in [-0.25, -0.2) is 29.7 Å². The second-order valence-corrected chi connectivity index (χ2v) is 12.4. The highest BCUT2D eigenvalue weighted by molar-refractivity contribution is 6.40. The second kappa shape index (κ2) is 11.6. The molecule has 0 fully saturated rings. The minimum Gasteiger partial charge on any atom is -0.288 e. The van der Waals surface area contributed by atoms with Crippen molar-refractivity contribution >= 4 is 56.9 Å². The first-order valence-electron chi connectivity index (χ1n) is 16.7. The molecule has 10 rings (SSSR count). The largest absolute Gasteiger partial charge is 0.288 e. The molecule has 0 atom stereocenters. The van der Waals surface area contributed by atoms with Crippen molar-refractivity contribution in [1.82, 2.24) is 29.1 Å². The van der Waals surface area contributed by atoms with Crippen LogP contribution in [-0.2, 0) is 0 Å². The molecule has 5 aromatic carbocycles. The van der Waals surface area contributed by atoms with Gasteiger partial charge < -0.3 is 0 Å². The maximum absolute atomic E-state index is 13.9. The summed E-state index contributed by atoms with van der Waals surface area (Å²) in [4.78, 5) is 51.6. The van der Waals surface area contributed by atoms with Gasteiger partial charge in [-0.1, -0.05) is 72.8 Å². The van der Waals surface area contributed by atoms with Gasteiger partial charge in [-0.15, -0.1) is 0 Å². The number of nitrogens with zero attached hydrogens (tertiary/aromatic N) is 8. The van der Waals surface area contributed by atoms with Crippen molar-refractivity contribution in [3.8, 4) is 11.4 Å². The monoisotopic (exact) mass is 674 g/mol. The van der Waals surface area contributed by atoms with E-state index in [1.54, 1.807) is 36.7 Å². The average Bonchev–Trinajstić information content (AvgIpc) is 3.98. The molecular formula is C42H26N8O2. The fourth-order valence-electron chi connectivity index (χ4n) is 6.96. The molecule has 0 spiro atoms. The number of allylic oxidation sites excluding steroid dienone is 3. The first kappa shape index (κ1) is 29.5. The van der Waals surface area contributed by atoms with Crippen molar-refractivity contribution in [3.05, 3.63) is 181 Å². The smallest absolute Gasteiger partial charge is 0.221 e. The van der Waals surface area contributed by atoms with Crippen molar-refractivity contribution in [2.75, 3.05) is 9.80 Å². The minimum absolute atomic E-state index is 0.0672. The molecule has 246 valence electrons. The number of hydrogen-bond acceptors (Lipinski definition) is 8. The quantitative estimate of drug-likeness (QED) is 0.133. The molecule has 0 amide bonds. The number of Topliss-reactive ketones (excluding diaryl/α,β-unsaturated/α-hetero) is 2. The van der Waals surface area contributed by atoms with Gasteiger partial charge >= 0.3 is 0 Å². The fourth-order valence-corrected chi connectivity index (χ4v) is 6.96. The van der Waals surface area contributed by atoms with E-state index in [4.69, 9.17) is 19.9 Å². The molecule has 0 saturated carbocycles. The van der Waals surface area contributed by atoms with E-state index < -0.39 is 0 Å². The van der Waals surface area contributed by atoms with Crippen LogP contribution in [0.1, 0.15) is 20.7 Å². The third-order valence-electron chi connectivity index (χ3n) is 9.39. The zero-order chi connectivity index (χ0) is 34.8. The SMILES string of the molecule is O=C1C(=CC=C2N(c3nccn3-c3ccccc3)c3nc4ccccc4nc3N2c2nccn2-c2ccccc2)C(=O)c2cc3ccccc3cc21. The van der Waals surface area contributed by atoms with Crippen LogP contribution >= 0.6 is 0 Å². The highest BCUT2D eigenvalue weighted by atomic mass is 16.2. The summed E-state index contributed by atoms with van der Waals surface area (Å²) in [6, 6.07) is 38.8. The number of fused-ring (bicyclic) bond motifs is 4. The summed E-state index contributed by atoms with van der Waals surface area (Å²) >= 11 is 0. The zero-order valence-electron chi connectivity index (χ0n) is 27.4. The lowest BCUT2D eigenvalue weighted by Gasteiger charge is -2.24. The number of carbonyl (C=O) groups excluding carboxylic acids is 2. The summed E-state index contributed by atoms with van der Waals surface area (Å²) in [6.45, 7) is 0. The number of para-hydroxylation sites is 4. The van der Waals surface area contributed by atoms with E-state index in [1.165, 1.54) is 0 Å². The first-order chi connectivity index (χ1) is 25.6. The van der Waals surface area contributed by atoms with Gasteiger partial charge in [0.1, 0.15) is 5.82 Å². The highest BCUT2D eigenvalue weighted by Crippen LogP contribution is 2.48. The van der Waals surface area contributed by atoms with Gasteiger partial charge in [-0.2, -0.15) is 0 Å². The number of benzene rings is 5. The number of hydrogen-bond donors (Lipinski definition) is 0. The molecule has 0 unspecified atom stereocenters.